The van der Waals surface area contributed by atoms with E-state index < -0.39 is 0 Å². The van der Waals surface area contributed by atoms with Crippen molar-refractivity contribution in [2.45, 2.75) is 19.0 Å². The van der Waals surface area contributed by atoms with E-state index in [0.29, 0.717) is 5.11 Å². The molecule has 0 radical (unpaired) electrons. The van der Waals surface area contributed by atoms with Crippen LogP contribution in [0.25, 0.3) is 5.69 Å². The zero-order valence-corrected chi connectivity index (χ0v) is 18.9. The average molecular weight is 461 g/mol. The molecule has 1 saturated heterocycles. The molecule has 1 aliphatic rings. The number of hydrogen-bond acceptors (Lipinski definition) is 3. The summed E-state index contributed by atoms with van der Waals surface area (Å²) in [6.45, 7) is 2.00. The van der Waals surface area contributed by atoms with Crippen molar-refractivity contribution in [3.05, 3.63) is 107 Å². The Morgan fingerprint density at radius 3 is 2.50 bits per heavy atom. The van der Waals surface area contributed by atoms with E-state index in [1.165, 1.54) is 0 Å². The number of halogens is 1. The van der Waals surface area contributed by atoms with E-state index >= 15 is 0 Å². The van der Waals surface area contributed by atoms with Crippen molar-refractivity contribution in [2.24, 2.45) is 0 Å². The van der Waals surface area contributed by atoms with Gasteiger partial charge in [0.1, 0.15) is 11.8 Å². The van der Waals surface area contributed by atoms with E-state index in [1.54, 1.807) is 18.3 Å². The van der Waals surface area contributed by atoms with Gasteiger partial charge in [-0.25, -0.2) is 0 Å². The van der Waals surface area contributed by atoms with Crippen LogP contribution in [0.15, 0.2) is 85.2 Å². The smallest absolute Gasteiger partial charge is 0.174 e. The SMILES string of the molecule is Cc1cc(-n2cccc2[C@H]2[C@@H](c3ccccn3)NC(=S)N2c2ccc(O)cc2)ccc1Cl. The molecular formula is C25H21ClN4OS. The van der Waals surface area contributed by atoms with Gasteiger partial charge in [0.15, 0.2) is 5.11 Å². The van der Waals surface area contributed by atoms with Crippen molar-refractivity contribution < 1.29 is 5.11 Å². The van der Waals surface area contributed by atoms with E-state index in [9.17, 15) is 5.11 Å². The van der Waals surface area contributed by atoms with Crippen LogP contribution < -0.4 is 10.2 Å². The minimum absolute atomic E-state index is 0.153. The molecule has 160 valence electrons. The van der Waals surface area contributed by atoms with E-state index in [0.717, 1.165) is 33.3 Å². The molecule has 0 spiro atoms. The van der Waals surface area contributed by atoms with Crippen LogP contribution in [0.3, 0.4) is 0 Å². The molecule has 1 aliphatic heterocycles. The van der Waals surface area contributed by atoms with Crippen LogP contribution in [-0.2, 0) is 0 Å². The van der Waals surface area contributed by atoms with Gasteiger partial charge in [0.2, 0.25) is 0 Å². The lowest BCUT2D eigenvalue weighted by atomic mass is 10.0. The van der Waals surface area contributed by atoms with Gasteiger partial charge in [-0.15, -0.1) is 0 Å². The number of phenolic OH excluding ortho intramolecular Hbond substituents is 1. The van der Waals surface area contributed by atoms with E-state index in [-0.39, 0.29) is 17.8 Å². The summed E-state index contributed by atoms with van der Waals surface area (Å²) in [5, 5.41) is 14.6. The van der Waals surface area contributed by atoms with Crippen LogP contribution in [0, 0.1) is 6.92 Å². The lowest BCUT2D eigenvalue weighted by Gasteiger charge is -2.29. The molecule has 2 N–H and O–H groups in total. The summed E-state index contributed by atoms with van der Waals surface area (Å²) in [7, 11) is 0. The number of hydrogen-bond donors (Lipinski definition) is 2. The van der Waals surface area contributed by atoms with Gasteiger partial charge in [-0.2, -0.15) is 0 Å². The van der Waals surface area contributed by atoms with E-state index in [2.05, 4.69) is 31.9 Å². The number of thiocarbonyl (C=S) groups is 1. The zero-order valence-electron chi connectivity index (χ0n) is 17.3. The van der Waals surface area contributed by atoms with Gasteiger partial charge in [0, 0.05) is 34.5 Å². The molecule has 0 amide bonds. The standard InChI is InChI=1S/C25H21ClN4OS/c1-16-15-18(9-12-20(16)26)29-14-4-6-22(29)24-23(21-5-2-3-13-27-21)28-25(32)30(24)17-7-10-19(31)11-8-17/h2-15,23-24,31H,1H3,(H,28,32)/t23-,24+/m1/s1. The van der Waals surface area contributed by atoms with Gasteiger partial charge in [-0.1, -0.05) is 17.7 Å². The third kappa shape index (κ3) is 3.61. The molecular weight excluding hydrogens is 440 g/mol. The Bertz CT molecular complexity index is 1270. The highest BCUT2D eigenvalue weighted by atomic mass is 35.5. The number of anilines is 1. The number of nitrogens with zero attached hydrogens (tertiary/aromatic N) is 3. The zero-order chi connectivity index (χ0) is 22.2. The van der Waals surface area contributed by atoms with Gasteiger partial charge in [0.05, 0.1) is 11.7 Å². The van der Waals surface area contributed by atoms with Crippen molar-refractivity contribution in [3.8, 4) is 11.4 Å². The normalized spacial score (nSPS) is 18.1. The van der Waals surface area contributed by atoms with Gasteiger partial charge in [0.25, 0.3) is 0 Å². The summed E-state index contributed by atoms with van der Waals surface area (Å²) >= 11 is 12.1. The largest absolute Gasteiger partial charge is 0.508 e. The Hall–Kier alpha value is -3.35. The second-order valence-electron chi connectivity index (χ2n) is 7.75. The van der Waals surface area contributed by atoms with Crippen LogP contribution in [0.2, 0.25) is 5.02 Å². The maximum Gasteiger partial charge on any atom is 0.174 e. The van der Waals surface area contributed by atoms with Gasteiger partial charge in [-0.3, -0.25) is 4.98 Å². The Morgan fingerprint density at radius 2 is 1.78 bits per heavy atom. The number of aryl methyl sites for hydroxylation is 1. The summed E-state index contributed by atoms with van der Waals surface area (Å²) in [6.07, 6.45) is 3.84. The first-order chi connectivity index (χ1) is 15.5. The number of nitrogens with one attached hydrogen (secondary N) is 1. The van der Waals surface area contributed by atoms with Crippen LogP contribution in [0.4, 0.5) is 5.69 Å². The Labute approximate surface area is 196 Å². The molecule has 0 aliphatic carbocycles. The first-order valence-electron chi connectivity index (χ1n) is 10.3. The topological polar surface area (TPSA) is 53.3 Å². The molecule has 2 aromatic carbocycles. The minimum Gasteiger partial charge on any atom is -0.508 e. The fourth-order valence-corrected chi connectivity index (χ4v) is 4.66. The molecule has 2 atom stereocenters. The molecule has 32 heavy (non-hydrogen) atoms. The third-order valence-corrected chi connectivity index (χ3v) is 6.47. The highest BCUT2D eigenvalue weighted by Crippen LogP contribution is 2.42. The molecule has 4 aromatic rings. The first kappa shape index (κ1) is 20.5. The number of phenols is 1. The molecule has 0 unspecified atom stereocenters. The number of aromatic nitrogens is 2. The second kappa shape index (κ2) is 8.30. The highest BCUT2D eigenvalue weighted by molar-refractivity contribution is 7.80. The number of aromatic hydroxyl groups is 1. The molecule has 3 heterocycles. The Balaban J connectivity index is 1.67. The summed E-state index contributed by atoms with van der Waals surface area (Å²) in [6, 6.07) is 22.8. The van der Waals surface area contributed by atoms with Crippen LogP contribution in [0.5, 0.6) is 5.75 Å². The number of rotatable bonds is 4. The lowest BCUT2D eigenvalue weighted by Crippen LogP contribution is -2.30. The van der Waals surface area contributed by atoms with E-state index in [1.807, 2.05) is 61.7 Å². The molecule has 5 nitrogen and oxygen atoms in total. The fourth-order valence-electron chi connectivity index (χ4n) is 4.20. The quantitative estimate of drug-likeness (QED) is 0.381. The second-order valence-corrected chi connectivity index (χ2v) is 8.54. The molecule has 1 fully saturated rings. The van der Waals surface area contributed by atoms with Crippen molar-refractivity contribution in [1.82, 2.24) is 14.9 Å². The maximum atomic E-state index is 9.79. The van der Waals surface area contributed by atoms with Gasteiger partial charge >= 0.3 is 0 Å². The molecule has 2 aromatic heterocycles. The fraction of sp³-hybridized carbons (Fsp3) is 0.120. The van der Waals surface area contributed by atoms with Crippen LogP contribution in [-0.4, -0.2) is 19.8 Å². The average Bonchev–Trinajstić information content (AvgIpc) is 3.41. The van der Waals surface area contributed by atoms with Crippen LogP contribution in [0.1, 0.15) is 29.0 Å². The van der Waals surface area contributed by atoms with Crippen LogP contribution >= 0.6 is 23.8 Å². The summed E-state index contributed by atoms with van der Waals surface area (Å²) in [5.74, 6) is 0.213. The molecule has 0 saturated carbocycles. The van der Waals surface area contributed by atoms with Gasteiger partial charge in [-0.05, 0) is 91.4 Å². The van der Waals surface area contributed by atoms with E-state index in [4.69, 9.17) is 23.8 Å². The monoisotopic (exact) mass is 460 g/mol. The molecule has 5 rings (SSSR count). The minimum atomic E-state index is -0.159. The maximum absolute atomic E-state index is 9.79. The summed E-state index contributed by atoms with van der Waals surface area (Å²) in [5.41, 5.74) is 4.89. The predicted octanol–water partition coefficient (Wildman–Crippen LogP) is 5.72. The Morgan fingerprint density at radius 1 is 1.00 bits per heavy atom. The molecule has 7 heteroatoms. The Kier molecular flexibility index (Phi) is 5.33. The summed E-state index contributed by atoms with van der Waals surface area (Å²) in [4.78, 5) is 6.70. The summed E-state index contributed by atoms with van der Waals surface area (Å²) < 4.78 is 2.16. The first-order valence-corrected chi connectivity index (χ1v) is 11.0. The molecule has 0 bridgehead atoms. The van der Waals surface area contributed by atoms with Crippen molar-refractivity contribution in [3.63, 3.8) is 0 Å². The number of benzene rings is 2. The predicted molar refractivity (Wildman–Crippen MR) is 132 cm³/mol. The lowest BCUT2D eigenvalue weighted by molar-refractivity contribution is 0.475. The third-order valence-electron chi connectivity index (χ3n) is 5.73. The number of pyridine rings is 1. The van der Waals surface area contributed by atoms with Crippen molar-refractivity contribution in [2.75, 3.05) is 4.90 Å². The van der Waals surface area contributed by atoms with Crippen molar-refractivity contribution in [1.29, 1.82) is 0 Å². The highest BCUT2D eigenvalue weighted by Gasteiger charge is 2.42. The van der Waals surface area contributed by atoms with Crippen molar-refractivity contribution >= 4 is 34.6 Å². The van der Waals surface area contributed by atoms with Gasteiger partial charge < -0.3 is 19.9 Å².